The van der Waals surface area contributed by atoms with Crippen LogP contribution in [0, 0.1) is 5.41 Å². The van der Waals surface area contributed by atoms with Crippen molar-refractivity contribution in [2.45, 2.75) is 39.5 Å². The normalized spacial score (nSPS) is 23.2. The van der Waals surface area contributed by atoms with Crippen LogP contribution in [0.4, 0.5) is 0 Å². The van der Waals surface area contributed by atoms with E-state index in [1.165, 1.54) is 25.7 Å². The highest BCUT2D eigenvalue weighted by molar-refractivity contribution is 5.78. The van der Waals surface area contributed by atoms with E-state index in [1.54, 1.807) is 0 Å². The number of carbonyl (C=O) groups excluding carboxylic acids is 1. The number of likely N-dealkylation sites (tertiary alicyclic amines) is 1. The van der Waals surface area contributed by atoms with Crippen LogP contribution >= 0.6 is 0 Å². The second-order valence-electron chi connectivity index (χ2n) is 6.28. The van der Waals surface area contributed by atoms with Gasteiger partial charge >= 0.3 is 0 Å². The molecule has 2 rings (SSSR count). The van der Waals surface area contributed by atoms with Gasteiger partial charge in [0.05, 0.1) is 6.54 Å². The van der Waals surface area contributed by atoms with Crippen LogP contribution in [-0.2, 0) is 4.79 Å². The Balaban J connectivity index is 1.74. The molecule has 1 amide bonds. The van der Waals surface area contributed by atoms with Crippen LogP contribution in [0.25, 0.3) is 0 Å². The van der Waals surface area contributed by atoms with E-state index in [1.807, 2.05) is 4.90 Å². The summed E-state index contributed by atoms with van der Waals surface area (Å²) in [6.45, 7) is 11.1. The molecule has 0 atom stereocenters. The van der Waals surface area contributed by atoms with E-state index in [0.717, 1.165) is 39.3 Å². The van der Waals surface area contributed by atoms with Gasteiger partial charge in [0, 0.05) is 39.3 Å². The van der Waals surface area contributed by atoms with Crippen LogP contribution in [0.5, 0.6) is 0 Å². The van der Waals surface area contributed by atoms with Gasteiger partial charge in [-0.1, -0.05) is 26.7 Å². The molecule has 0 aromatic rings. The van der Waals surface area contributed by atoms with E-state index in [-0.39, 0.29) is 0 Å². The van der Waals surface area contributed by atoms with Gasteiger partial charge in [-0.15, -0.1) is 0 Å². The Labute approximate surface area is 117 Å². The summed E-state index contributed by atoms with van der Waals surface area (Å²) in [5, 5.41) is 3.29. The third kappa shape index (κ3) is 3.69. The molecule has 110 valence electrons. The first-order valence-corrected chi connectivity index (χ1v) is 7.90. The number of carbonyl (C=O) groups is 1. The first-order valence-electron chi connectivity index (χ1n) is 7.90. The highest BCUT2D eigenvalue weighted by atomic mass is 16.2. The SMILES string of the molecule is CCCC1(CCC)CN(CC(=O)N2CCNCC2)C1. The second kappa shape index (κ2) is 6.71. The number of nitrogens with one attached hydrogen (secondary N) is 1. The smallest absolute Gasteiger partial charge is 0.236 e. The van der Waals surface area contributed by atoms with Gasteiger partial charge in [-0.2, -0.15) is 0 Å². The summed E-state index contributed by atoms with van der Waals surface area (Å²) in [6, 6.07) is 0. The minimum Gasteiger partial charge on any atom is -0.339 e. The van der Waals surface area contributed by atoms with Crippen LogP contribution in [0.15, 0.2) is 0 Å². The Hall–Kier alpha value is -0.610. The third-order valence-electron chi connectivity index (χ3n) is 4.51. The Kier molecular flexibility index (Phi) is 5.22. The molecule has 0 bridgehead atoms. The average Bonchev–Trinajstić information content (AvgIpc) is 2.38. The van der Waals surface area contributed by atoms with Crippen LogP contribution in [0.3, 0.4) is 0 Å². The molecule has 0 unspecified atom stereocenters. The van der Waals surface area contributed by atoms with E-state index >= 15 is 0 Å². The van der Waals surface area contributed by atoms with Crippen molar-refractivity contribution in [2.24, 2.45) is 5.41 Å². The lowest BCUT2D eigenvalue weighted by Crippen LogP contribution is -2.59. The van der Waals surface area contributed by atoms with Crippen molar-refractivity contribution >= 4 is 5.91 Å². The third-order valence-corrected chi connectivity index (χ3v) is 4.51. The minimum absolute atomic E-state index is 0.322. The fraction of sp³-hybridized carbons (Fsp3) is 0.933. The lowest BCUT2D eigenvalue weighted by Gasteiger charge is -2.51. The quantitative estimate of drug-likeness (QED) is 0.788. The van der Waals surface area contributed by atoms with Gasteiger partial charge in [-0.3, -0.25) is 9.69 Å². The van der Waals surface area contributed by atoms with Crippen molar-refractivity contribution in [3.05, 3.63) is 0 Å². The molecule has 0 radical (unpaired) electrons. The summed E-state index contributed by atoms with van der Waals surface area (Å²) in [5.74, 6) is 0.322. The van der Waals surface area contributed by atoms with Gasteiger partial charge in [-0.05, 0) is 18.3 Å². The van der Waals surface area contributed by atoms with Crippen molar-refractivity contribution in [2.75, 3.05) is 45.8 Å². The zero-order valence-corrected chi connectivity index (χ0v) is 12.6. The Bertz CT molecular complexity index is 286. The molecule has 2 fully saturated rings. The number of hydrogen-bond acceptors (Lipinski definition) is 3. The van der Waals surface area contributed by atoms with Crippen molar-refractivity contribution in [3.63, 3.8) is 0 Å². The highest BCUT2D eigenvalue weighted by Crippen LogP contribution is 2.39. The summed E-state index contributed by atoms with van der Waals surface area (Å²) in [6.07, 6.45) is 5.16. The molecule has 1 N–H and O–H groups in total. The number of rotatable bonds is 6. The summed E-state index contributed by atoms with van der Waals surface area (Å²) >= 11 is 0. The molecule has 2 aliphatic rings. The van der Waals surface area contributed by atoms with Crippen molar-refractivity contribution in [1.82, 2.24) is 15.1 Å². The van der Waals surface area contributed by atoms with E-state index < -0.39 is 0 Å². The predicted molar refractivity (Wildman–Crippen MR) is 78.1 cm³/mol. The Morgan fingerprint density at radius 3 is 2.21 bits per heavy atom. The maximum atomic E-state index is 12.2. The number of hydrogen-bond donors (Lipinski definition) is 1. The average molecular weight is 267 g/mol. The topological polar surface area (TPSA) is 35.6 Å². The summed E-state index contributed by atoms with van der Waals surface area (Å²) in [4.78, 5) is 16.5. The molecular formula is C15H29N3O. The van der Waals surface area contributed by atoms with Gasteiger partial charge in [0.25, 0.3) is 0 Å². The number of nitrogens with zero attached hydrogens (tertiary/aromatic N) is 2. The molecule has 0 saturated carbocycles. The molecule has 0 spiro atoms. The number of piperazine rings is 1. The molecule has 2 aliphatic heterocycles. The molecule has 19 heavy (non-hydrogen) atoms. The molecular weight excluding hydrogens is 238 g/mol. The van der Waals surface area contributed by atoms with Gasteiger partial charge in [0.1, 0.15) is 0 Å². The molecule has 4 nitrogen and oxygen atoms in total. The molecule has 2 heterocycles. The zero-order valence-electron chi connectivity index (χ0n) is 12.6. The minimum atomic E-state index is 0.322. The van der Waals surface area contributed by atoms with E-state index in [4.69, 9.17) is 0 Å². The summed E-state index contributed by atoms with van der Waals surface area (Å²) < 4.78 is 0. The van der Waals surface area contributed by atoms with Gasteiger partial charge in [0.2, 0.25) is 5.91 Å². The standard InChI is InChI=1S/C15H29N3O/c1-3-5-15(6-4-2)12-17(13-15)11-14(19)18-9-7-16-8-10-18/h16H,3-13H2,1-2H3. The lowest BCUT2D eigenvalue weighted by atomic mass is 9.72. The first kappa shape index (κ1) is 14.8. The second-order valence-corrected chi connectivity index (χ2v) is 6.28. The molecule has 0 aromatic heterocycles. The molecule has 4 heteroatoms. The van der Waals surface area contributed by atoms with Gasteiger partial charge in [0.15, 0.2) is 0 Å². The molecule has 2 saturated heterocycles. The van der Waals surface area contributed by atoms with Crippen molar-refractivity contribution < 1.29 is 4.79 Å². The summed E-state index contributed by atoms with van der Waals surface area (Å²) in [5.41, 5.74) is 0.521. The van der Waals surface area contributed by atoms with E-state index in [2.05, 4.69) is 24.1 Å². The maximum absolute atomic E-state index is 12.2. The molecule has 0 aromatic carbocycles. The Morgan fingerprint density at radius 1 is 1.11 bits per heavy atom. The molecule has 0 aliphatic carbocycles. The van der Waals surface area contributed by atoms with Gasteiger partial charge in [-0.25, -0.2) is 0 Å². The first-order chi connectivity index (χ1) is 9.19. The van der Waals surface area contributed by atoms with Crippen LogP contribution in [0.1, 0.15) is 39.5 Å². The fourth-order valence-electron chi connectivity index (χ4n) is 3.72. The fourth-order valence-corrected chi connectivity index (χ4v) is 3.72. The Morgan fingerprint density at radius 2 is 1.68 bits per heavy atom. The summed E-state index contributed by atoms with van der Waals surface area (Å²) in [7, 11) is 0. The number of amides is 1. The van der Waals surface area contributed by atoms with E-state index in [9.17, 15) is 4.79 Å². The monoisotopic (exact) mass is 267 g/mol. The van der Waals surface area contributed by atoms with Crippen LogP contribution in [-0.4, -0.2) is 61.5 Å². The van der Waals surface area contributed by atoms with Crippen molar-refractivity contribution in [3.8, 4) is 0 Å². The van der Waals surface area contributed by atoms with Gasteiger partial charge < -0.3 is 10.2 Å². The highest BCUT2D eigenvalue weighted by Gasteiger charge is 2.41. The predicted octanol–water partition coefficient (Wildman–Crippen LogP) is 1.32. The largest absolute Gasteiger partial charge is 0.339 e. The lowest BCUT2D eigenvalue weighted by molar-refractivity contribution is -0.136. The van der Waals surface area contributed by atoms with Crippen LogP contribution in [0.2, 0.25) is 0 Å². The van der Waals surface area contributed by atoms with E-state index in [0.29, 0.717) is 17.9 Å². The van der Waals surface area contributed by atoms with Crippen molar-refractivity contribution in [1.29, 1.82) is 0 Å². The zero-order chi connectivity index (χ0) is 13.7. The van der Waals surface area contributed by atoms with Crippen LogP contribution < -0.4 is 5.32 Å². The maximum Gasteiger partial charge on any atom is 0.236 e.